The number of carbonyl (C=O) groups is 2. The zero-order valence-electron chi connectivity index (χ0n) is 21.0. The molecule has 6 aromatic rings. The first-order valence-electron chi connectivity index (χ1n) is 11.8. The van der Waals surface area contributed by atoms with Crippen LogP contribution in [-0.4, -0.2) is 21.5 Å². The molecule has 0 aliphatic heterocycles. The first-order valence-corrected chi connectivity index (χ1v) is 13.4. The fourth-order valence-corrected chi connectivity index (χ4v) is 5.66. The number of Topliss-reactive ketones (excluding diaryl/α,β-unsaturated/α-hetero) is 2. The summed E-state index contributed by atoms with van der Waals surface area (Å²) in [5.74, 6) is -0.125. The van der Waals surface area contributed by atoms with E-state index >= 15 is 0 Å². The summed E-state index contributed by atoms with van der Waals surface area (Å²) in [6, 6.07) is 33.2. The largest absolute Gasteiger partial charge is 0.300 e. The van der Waals surface area contributed by atoms with Crippen molar-refractivity contribution in [1.29, 1.82) is 0 Å². The maximum absolute atomic E-state index is 10.0. The molecule has 0 amide bonds. The Morgan fingerprint density at radius 3 is 1.32 bits per heavy atom. The van der Waals surface area contributed by atoms with Gasteiger partial charge < -0.3 is 0 Å². The third kappa shape index (κ3) is 8.33. The van der Waals surface area contributed by atoms with Gasteiger partial charge in [0.15, 0.2) is 0 Å². The number of thiophene rings is 2. The number of benzene rings is 2. The van der Waals surface area contributed by atoms with E-state index in [-0.39, 0.29) is 38.1 Å². The van der Waals surface area contributed by atoms with Gasteiger partial charge in [-0.3, -0.25) is 19.6 Å². The summed E-state index contributed by atoms with van der Waals surface area (Å²) in [4.78, 5) is 31.2. The molecule has 0 atom stereocenters. The molecule has 4 aromatic heterocycles. The van der Waals surface area contributed by atoms with Crippen LogP contribution in [0.2, 0.25) is 0 Å². The van der Waals surface area contributed by atoms with Crippen molar-refractivity contribution in [2.75, 3.05) is 0 Å². The van der Waals surface area contributed by atoms with Crippen LogP contribution in [0.3, 0.4) is 0 Å². The Labute approximate surface area is 243 Å². The molecular weight excluding hydrogens is 689 g/mol. The number of pyridine rings is 2. The summed E-state index contributed by atoms with van der Waals surface area (Å²) in [7, 11) is 0. The minimum absolute atomic E-state index is 0. The Morgan fingerprint density at radius 1 is 0.605 bits per heavy atom. The summed E-state index contributed by atoms with van der Waals surface area (Å²) >= 11 is 3.58. The van der Waals surface area contributed by atoms with Gasteiger partial charge in [-0.2, -0.15) is 0 Å². The molecule has 0 saturated heterocycles. The van der Waals surface area contributed by atoms with Crippen molar-refractivity contribution < 1.29 is 29.7 Å². The van der Waals surface area contributed by atoms with Gasteiger partial charge in [0.2, 0.25) is 0 Å². The van der Waals surface area contributed by atoms with Crippen LogP contribution in [0, 0.1) is 0 Å². The molecule has 0 spiro atoms. The molecule has 0 bridgehead atoms. The van der Waals surface area contributed by atoms with Crippen LogP contribution in [0.1, 0.15) is 20.3 Å². The van der Waals surface area contributed by atoms with E-state index in [2.05, 4.69) is 70.6 Å². The number of fused-ring (bicyclic) bond motifs is 2. The molecule has 7 heteroatoms. The predicted molar refractivity (Wildman–Crippen MR) is 156 cm³/mol. The van der Waals surface area contributed by atoms with Crippen LogP contribution in [0.25, 0.3) is 41.3 Å². The summed E-state index contributed by atoms with van der Waals surface area (Å²) in [5.41, 5.74) is 2.11. The molecule has 4 nitrogen and oxygen atoms in total. The van der Waals surface area contributed by atoms with E-state index in [0.717, 1.165) is 11.4 Å². The van der Waals surface area contributed by atoms with Crippen LogP contribution >= 0.6 is 22.7 Å². The van der Waals surface area contributed by atoms with Gasteiger partial charge in [0.25, 0.3) is 0 Å². The van der Waals surface area contributed by atoms with Crippen molar-refractivity contribution in [3.8, 4) is 21.1 Å². The quantitative estimate of drug-likeness (QED) is 0.172. The molecule has 0 unspecified atom stereocenters. The second-order valence-electron chi connectivity index (χ2n) is 8.31. The van der Waals surface area contributed by atoms with Crippen molar-refractivity contribution in [2.45, 2.75) is 20.3 Å². The Bertz CT molecular complexity index is 1430. The van der Waals surface area contributed by atoms with Crippen LogP contribution in [0.4, 0.5) is 0 Å². The molecule has 6 rings (SSSR count). The zero-order chi connectivity index (χ0) is 26.0. The maximum Gasteiger partial charge on any atom is 0.137 e. The van der Waals surface area contributed by atoms with Gasteiger partial charge in [-0.1, -0.05) is 48.5 Å². The molecule has 0 aliphatic rings. The molecule has 2 aromatic carbocycles. The van der Waals surface area contributed by atoms with Crippen LogP contribution in [0.5, 0.6) is 0 Å². The first kappa shape index (κ1) is 29.2. The Hall–Kier alpha value is -3.35. The summed E-state index contributed by atoms with van der Waals surface area (Å²) in [5, 5.41) is 2.59. The molecule has 1 radical (unpaired) electrons. The SMILES string of the molecule is CC(=O)CC(C)=O.[Ir].c1ccc(-c2cc3ccccc3s2)nc1.c1ccc(-c2cc3ccccc3s2)nc1. The normalized spacial score (nSPS) is 9.95. The number of hydrogen-bond acceptors (Lipinski definition) is 6. The molecular formula is C31H26IrN2O2S2. The van der Waals surface area contributed by atoms with Crippen molar-refractivity contribution in [3.63, 3.8) is 0 Å². The van der Waals surface area contributed by atoms with Gasteiger partial charge in [0, 0.05) is 41.9 Å². The summed E-state index contributed by atoms with van der Waals surface area (Å²) < 4.78 is 2.64. The average molecular weight is 715 g/mol. The van der Waals surface area contributed by atoms with Gasteiger partial charge in [-0.25, -0.2) is 0 Å². The van der Waals surface area contributed by atoms with Crippen molar-refractivity contribution in [3.05, 3.63) is 109 Å². The van der Waals surface area contributed by atoms with Gasteiger partial charge in [-0.05, 0) is 73.2 Å². The number of ketones is 2. The minimum atomic E-state index is -0.0625. The fraction of sp³-hybridized carbons (Fsp3) is 0.0968. The Kier molecular flexibility index (Phi) is 11.2. The van der Waals surface area contributed by atoms with Gasteiger partial charge in [0.1, 0.15) is 11.6 Å². The zero-order valence-corrected chi connectivity index (χ0v) is 25.0. The third-order valence-corrected chi connectivity index (χ3v) is 7.46. The van der Waals surface area contributed by atoms with Crippen molar-refractivity contribution >= 4 is 54.4 Å². The Morgan fingerprint density at radius 2 is 1.00 bits per heavy atom. The molecule has 0 aliphatic carbocycles. The predicted octanol–water partition coefficient (Wildman–Crippen LogP) is 8.48. The third-order valence-electron chi connectivity index (χ3n) is 5.18. The van der Waals surface area contributed by atoms with E-state index in [0.29, 0.717) is 0 Å². The summed E-state index contributed by atoms with van der Waals surface area (Å²) in [6.07, 6.45) is 3.75. The average Bonchev–Trinajstić information content (AvgIpc) is 3.54. The van der Waals surface area contributed by atoms with Gasteiger partial charge >= 0.3 is 0 Å². The first-order chi connectivity index (χ1) is 18.0. The van der Waals surface area contributed by atoms with E-state index < -0.39 is 0 Å². The maximum atomic E-state index is 10.0. The van der Waals surface area contributed by atoms with E-state index in [4.69, 9.17) is 0 Å². The van der Waals surface area contributed by atoms with E-state index in [9.17, 15) is 9.59 Å². The van der Waals surface area contributed by atoms with Crippen molar-refractivity contribution in [1.82, 2.24) is 9.97 Å². The van der Waals surface area contributed by atoms with Crippen LogP contribution < -0.4 is 0 Å². The van der Waals surface area contributed by atoms with Gasteiger partial charge in [-0.15, -0.1) is 22.7 Å². The molecule has 4 heterocycles. The smallest absolute Gasteiger partial charge is 0.137 e. The number of aromatic nitrogens is 2. The van der Waals surface area contributed by atoms with Crippen molar-refractivity contribution in [2.24, 2.45) is 0 Å². The fourth-order valence-electron chi connectivity index (χ4n) is 3.58. The topological polar surface area (TPSA) is 59.9 Å². The number of rotatable bonds is 4. The minimum Gasteiger partial charge on any atom is -0.300 e. The molecule has 38 heavy (non-hydrogen) atoms. The number of nitrogens with zero attached hydrogens (tertiary/aromatic N) is 2. The molecule has 0 saturated carbocycles. The molecule has 193 valence electrons. The van der Waals surface area contributed by atoms with E-state index in [1.54, 1.807) is 22.7 Å². The van der Waals surface area contributed by atoms with Crippen LogP contribution in [0.15, 0.2) is 109 Å². The summed E-state index contributed by atoms with van der Waals surface area (Å²) in [6.45, 7) is 2.81. The molecule has 0 fully saturated rings. The monoisotopic (exact) mass is 715 g/mol. The second kappa shape index (κ2) is 14.6. The Balaban J connectivity index is 0.000000167. The van der Waals surface area contributed by atoms with Gasteiger partial charge in [0.05, 0.1) is 27.6 Å². The molecule has 0 N–H and O–H groups in total. The van der Waals surface area contributed by atoms with Crippen LogP contribution in [-0.2, 0) is 29.7 Å². The number of hydrogen-bond donors (Lipinski definition) is 0. The second-order valence-corrected chi connectivity index (χ2v) is 10.5. The standard InChI is InChI=1S/2C13H9NS.C5H8O2.Ir/c2*1-2-7-12-10(5-1)9-13(15-12)11-6-3-4-8-14-11;1-4(6)3-5(2)7;/h2*1-9H;3H2,1-2H3;. The van der Waals surface area contributed by atoms with E-state index in [1.807, 2.05) is 48.8 Å². The van der Waals surface area contributed by atoms with E-state index in [1.165, 1.54) is 43.8 Å². The number of carbonyl (C=O) groups excluding carboxylic acids is 2.